The molecule has 4 rings (SSSR count). The van der Waals surface area contributed by atoms with Crippen molar-refractivity contribution in [1.82, 2.24) is 15.0 Å². The van der Waals surface area contributed by atoms with Crippen LogP contribution in [0.15, 0.2) is 36.0 Å². The van der Waals surface area contributed by atoms with Crippen molar-refractivity contribution in [2.24, 2.45) is 0 Å². The molecule has 0 radical (unpaired) electrons. The Bertz CT molecular complexity index is 1040. The van der Waals surface area contributed by atoms with Gasteiger partial charge in [-0.3, -0.25) is 0 Å². The topological polar surface area (TPSA) is 72.1 Å². The van der Waals surface area contributed by atoms with E-state index in [0.717, 1.165) is 57.8 Å². The molecule has 0 amide bonds. The molecule has 0 saturated heterocycles. The Labute approximate surface area is 155 Å². The van der Waals surface area contributed by atoms with Gasteiger partial charge in [0.25, 0.3) is 0 Å². The molecule has 6 nitrogen and oxygen atoms in total. The van der Waals surface area contributed by atoms with Crippen molar-refractivity contribution < 1.29 is 9.47 Å². The predicted octanol–water partition coefficient (Wildman–Crippen LogP) is 4.23. The summed E-state index contributed by atoms with van der Waals surface area (Å²) in [7, 11) is 3.34. The minimum Gasteiger partial charge on any atom is -0.497 e. The quantitative estimate of drug-likeness (QED) is 0.478. The van der Waals surface area contributed by atoms with Crippen LogP contribution in [0.5, 0.6) is 11.5 Å². The number of hydrogen-bond donors (Lipinski definition) is 2. The summed E-state index contributed by atoms with van der Waals surface area (Å²) >= 11 is 1.63. The molecule has 4 aromatic rings. The number of rotatable bonds is 7. The van der Waals surface area contributed by atoms with Crippen molar-refractivity contribution in [3.8, 4) is 11.5 Å². The molecule has 0 spiro atoms. The molecule has 0 atom stereocenters. The first-order valence-corrected chi connectivity index (χ1v) is 9.32. The first-order valence-electron chi connectivity index (χ1n) is 8.44. The van der Waals surface area contributed by atoms with Gasteiger partial charge < -0.3 is 19.8 Å². The number of nitrogens with one attached hydrogen (secondary N) is 2. The van der Waals surface area contributed by atoms with Crippen LogP contribution in [0.25, 0.3) is 21.1 Å². The van der Waals surface area contributed by atoms with Crippen LogP contribution in [-0.2, 0) is 6.42 Å². The lowest BCUT2D eigenvalue weighted by molar-refractivity contribution is 0.398. The Morgan fingerprint density at radius 1 is 1.12 bits per heavy atom. The molecule has 2 N–H and O–H groups in total. The summed E-state index contributed by atoms with van der Waals surface area (Å²) in [4.78, 5) is 13.1. The van der Waals surface area contributed by atoms with Gasteiger partial charge >= 0.3 is 0 Å². The molecule has 0 aliphatic rings. The number of nitrogens with zero attached hydrogens (tertiary/aromatic N) is 2. The Kier molecular flexibility index (Phi) is 4.62. The number of fused-ring (bicyclic) bond motifs is 2. The number of aromatic nitrogens is 3. The highest BCUT2D eigenvalue weighted by atomic mass is 32.1. The Balaban J connectivity index is 1.42. The number of ether oxygens (including phenoxy) is 2. The lowest BCUT2D eigenvalue weighted by Gasteiger charge is -2.05. The molecule has 7 heteroatoms. The predicted molar refractivity (Wildman–Crippen MR) is 106 cm³/mol. The number of methoxy groups -OCH3 is 2. The SMILES string of the molecule is COc1cc(OC)c2cc(CCCNc3ncnc4sccc34)[nH]c2c1. The first kappa shape index (κ1) is 16.7. The number of H-pyrrole nitrogens is 1. The fraction of sp³-hybridized carbons (Fsp3) is 0.263. The van der Waals surface area contributed by atoms with Crippen LogP contribution >= 0.6 is 11.3 Å². The first-order chi connectivity index (χ1) is 12.8. The fourth-order valence-electron chi connectivity index (χ4n) is 3.07. The van der Waals surface area contributed by atoms with Gasteiger partial charge in [-0.1, -0.05) is 0 Å². The zero-order valence-electron chi connectivity index (χ0n) is 14.7. The summed E-state index contributed by atoms with van der Waals surface area (Å²) in [6, 6.07) is 8.10. The lowest BCUT2D eigenvalue weighted by atomic mass is 10.2. The van der Waals surface area contributed by atoms with Gasteiger partial charge in [-0.25, -0.2) is 9.97 Å². The summed E-state index contributed by atoms with van der Waals surface area (Å²) in [6.07, 6.45) is 3.53. The zero-order chi connectivity index (χ0) is 17.9. The Morgan fingerprint density at radius 3 is 2.88 bits per heavy atom. The van der Waals surface area contributed by atoms with Gasteiger partial charge in [0.05, 0.1) is 25.1 Å². The van der Waals surface area contributed by atoms with Gasteiger partial charge in [0.2, 0.25) is 0 Å². The maximum atomic E-state index is 5.47. The number of thiophene rings is 1. The summed E-state index contributed by atoms with van der Waals surface area (Å²) in [5.41, 5.74) is 2.21. The fourth-order valence-corrected chi connectivity index (χ4v) is 3.81. The molecule has 0 aliphatic heterocycles. The molecule has 3 aromatic heterocycles. The van der Waals surface area contributed by atoms with Crippen LogP contribution in [0.3, 0.4) is 0 Å². The largest absolute Gasteiger partial charge is 0.497 e. The van der Waals surface area contributed by atoms with E-state index < -0.39 is 0 Å². The van der Waals surface area contributed by atoms with Gasteiger partial charge in [-0.15, -0.1) is 11.3 Å². The van der Waals surface area contributed by atoms with E-state index >= 15 is 0 Å². The zero-order valence-corrected chi connectivity index (χ0v) is 15.5. The molecule has 3 heterocycles. The lowest BCUT2D eigenvalue weighted by Crippen LogP contribution is -2.05. The summed E-state index contributed by atoms with van der Waals surface area (Å²) < 4.78 is 10.8. The van der Waals surface area contributed by atoms with Crippen molar-refractivity contribution in [2.75, 3.05) is 26.1 Å². The second kappa shape index (κ2) is 7.21. The van der Waals surface area contributed by atoms with Crippen molar-refractivity contribution in [2.45, 2.75) is 12.8 Å². The van der Waals surface area contributed by atoms with Crippen LogP contribution in [0.2, 0.25) is 0 Å². The van der Waals surface area contributed by atoms with E-state index in [2.05, 4.69) is 32.4 Å². The van der Waals surface area contributed by atoms with Crippen molar-refractivity contribution in [3.05, 3.63) is 41.7 Å². The molecule has 134 valence electrons. The summed E-state index contributed by atoms with van der Waals surface area (Å²) in [5, 5.41) is 7.61. The van der Waals surface area contributed by atoms with Crippen LogP contribution in [0.1, 0.15) is 12.1 Å². The number of hydrogen-bond acceptors (Lipinski definition) is 6. The van der Waals surface area contributed by atoms with Crippen molar-refractivity contribution in [1.29, 1.82) is 0 Å². The molecule has 0 bridgehead atoms. The van der Waals surface area contributed by atoms with E-state index in [1.807, 2.05) is 17.5 Å². The third-order valence-electron chi connectivity index (χ3n) is 4.36. The summed E-state index contributed by atoms with van der Waals surface area (Å²) in [5.74, 6) is 2.51. The second-order valence-electron chi connectivity index (χ2n) is 5.98. The molecule has 0 unspecified atom stereocenters. The second-order valence-corrected chi connectivity index (χ2v) is 6.87. The van der Waals surface area contributed by atoms with Gasteiger partial charge in [0.15, 0.2) is 0 Å². The van der Waals surface area contributed by atoms with Gasteiger partial charge in [-0.05, 0) is 30.4 Å². The van der Waals surface area contributed by atoms with Gasteiger partial charge in [0.1, 0.15) is 28.5 Å². The molecule has 0 aliphatic carbocycles. The van der Waals surface area contributed by atoms with E-state index in [1.54, 1.807) is 31.9 Å². The average Bonchev–Trinajstić information content (AvgIpc) is 3.30. The highest BCUT2D eigenvalue weighted by Crippen LogP contribution is 2.31. The molecular weight excluding hydrogens is 348 g/mol. The smallest absolute Gasteiger partial charge is 0.138 e. The standard InChI is InChI=1S/C19H20N4O2S/c1-24-13-9-16-15(17(10-13)25-2)8-12(23-16)4-3-6-20-18-14-5-7-26-19(14)22-11-21-18/h5,7-11,23H,3-4,6H2,1-2H3,(H,20,21,22). The minimum absolute atomic E-state index is 0.785. The Hall–Kier alpha value is -2.80. The van der Waals surface area contributed by atoms with E-state index in [-0.39, 0.29) is 0 Å². The summed E-state index contributed by atoms with van der Waals surface area (Å²) in [6.45, 7) is 0.845. The molecule has 26 heavy (non-hydrogen) atoms. The van der Waals surface area contributed by atoms with Crippen LogP contribution in [0.4, 0.5) is 5.82 Å². The maximum absolute atomic E-state index is 5.47. The third-order valence-corrected chi connectivity index (χ3v) is 5.18. The number of benzene rings is 1. The van der Waals surface area contributed by atoms with E-state index in [1.165, 1.54) is 5.69 Å². The highest BCUT2D eigenvalue weighted by Gasteiger charge is 2.09. The third kappa shape index (κ3) is 3.17. The molecular formula is C19H20N4O2S. The average molecular weight is 368 g/mol. The Morgan fingerprint density at radius 2 is 2.04 bits per heavy atom. The normalized spacial score (nSPS) is 11.2. The van der Waals surface area contributed by atoms with Gasteiger partial charge in [0, 0.05) is 29.8 Å². The number of aryl methyl sites for hydroxylation is 1. The van der Waals surface area contributed by atoms with Gasteiger partial charge in [-0.2, -0.15) is 0 Å². The molecule has 0 fully saturated rings. The van der Waals surface area contributed by atoms with Crippen molar-refractivity contribution in [3.63, 3.8) is 0 Å². The monoisotopic (exact) mass is 368 g/mol. The highest BCUT2D eigenvalue weighted by molar-refractivity contribution is 7.16. The van der Waals surface area contributed by atoms with E-state index in [9.17, 15) is 0 Å². The van der Waals surface area contributed by atoms with Crippen LogP contribution in [0, 0.1) is 0 Å². The van der Waals surface area contributed by atoms with E-state index in [4.69, 9.17) is 9.47 Å². The van der Waals surface area contributed by atoms with Crippen LogP contribution < -0.4 is 14.8 Å². The van der Waals surface area contributed by atoms with E-state index in [0.29, 0.717) is 0 Å². The molecule has 1 aromatic carbocycles. The van der Waals surface area contributed by atoms with Crippen LogP contribution in [-0.4, -0.2) is 35.7 Å². The number of anilines is 1. The minimum atomic E-state index is 0.785. The maximum Gasteiger partial charge on any atom is 0.138 e. The molecule has 0 saturated carbocycles. The van der Waals surface area contributed by atoms with Crippen molar-refractivity contribution >= 4 is 38.3 Å². The number of aromatic amines is 1.